The van der Waals surface area contributed by atoms with Crippen LogP contribution in [0.4, 0.5) is 16.2 Å². The van der Waals surface area contributed by atoms with Gasteiger partial charge in [-0.3, -0.25) is 20.2 Å². The lowest BCUT2D eigenvalue weighted by Gasteiger charge is -2.09. The fourth-order valence-corrected chi connectivity index (χ4v) is 1.64. The second-order valence-electron chi connectivity index (χ2n) is 4.93. The number of halogens is 1. The van der Waals surface area contributed by atoms with E-state index in [1.165, 1.54) is 18.2 Å². The van der Waals surface area contributed by atoms with E-state index in [4.69, 9.17) is 11.6 Å². The van der Waals surface area contributed by atoms with Crippen LogP contribution in [0.2, 0.25) is 5.02 Å². The minimum absolute atomic E-state index is 0.00747. The Morgan fingerprint density at radius 3 is 2.64 bits per heavy atom. The Labute approximate surface area is 132 Å². The molecule has 1 aromatic rings. The number of carbonyl (C=O) groups excluding carboxylic acids is 2. The van der Waals surface area contributed by atoms with Crippen molar-refractivity contribution < 1.29 is 14.5 Å². The van der Waals surface area contributed by atoms with E-state index < -0.39 is 16.9 Å². The van der Waals surface area contributed by atoms with Gasteiger partial charge in [-0.25, -0.2) is 4.79 Å². The van der Waals surface area contributed by atoms with E-state index >= 15 is 0 Å². The Morgan fingerprint density at radius 2 is 2.05 bits per heavy atom. The first-order valence-electron chi connectivity index (χ1n) is 6.55. The Morgan fingerprint density at radius 1 is 1.36 bits per heavy atom. The molecule has 9 heteroatoms. The third-order valence-electron chi connectivity index (χ3n) is 2.52. The molecule has 0 saturated heterocycles. The smallest absolute Gasteiger partial charge is 0.321 e. The second-order valence-corrected chi connectivity index (χ2v) is 5.34. The molecule has 0 unspecified atom stereocenters. The lowest BCUT2D eigenvalue weighted by atomic mass is 10.2. The normalized spacial score (nSPS) is 10.2. The van der Waals surface area contributed by atoms with Gasteiger partial charge in [-0.05, 0) is 18.1 Å². The molecule has 0 saturated carbocycles. The van der Waals surface area contributed by atoms with Crippen LogP contribution in [0.15, 0.2) is 18.2 Å². The molecule has 0 atom stereocenters. The first-order chi connectivity index (χ1) is 10.3. The fourth-order valence-electron chi connectivity index (χ4n) is 1.46. The van der Waals surface area contributed by atoms with E-state index in [-0.39, 0.29) is 23.2 Å². The maximum atomic E-state index is 11.6. The van der Waals surface area contributed by atoms with Gasteiger partial charge in [0.2, 0.25) is 5.91 Å². The molecule has 0 spiro atoms. The van der Waals surface area contributed by atoms with Gasteiger partial charge >= 0.3 is 6.03 Å². The lowest BCUT2D eigenvalue weighted by molar-refractivity contribution is -0.384. The Bertz CT molecular complexity index is 577. The summed E-state index contributed by atoms with van der Waals surface area (Å²) < 4.78 is 0. The van der Waals surface area contributed by atoms with E-state index in [0.717, 1.165) is 0 Å². The minimum atomic E-state index is -0.618. The summed E-state index contributed by atoms with van der Waals surface area (Å²) in [5.74, 6) is -0.285. The summed E-state index contributed by atoms with van der Waals surface area (Å²) >= 11 is 5.68. The first-order valence-corrected chi connectivity index (χ1v) is 6.93. The van der Waals surface area contributed by atoms with Crippen LogP contribution in [0.1, 0.15) is 13.8 Å². The average molecular weight is 329 g/mol. The standard InChI is InChI=1S/C13H17ClN4O4/c1-8(2)6-16-13(20)17-12(19)7-15-9-3-4-10(14)11(5-9)18(21)22/h3-5,8,15H,6-7H2,1-2H3,(H2,16,17,19,20). The van der Waals surface area contributed by atoms with Crippen molar-refractivity contribution in [3.8, 4) is 0 Å². The van der Waals surface area contributed by atoms with Gasteiger partial charge in [-0.2, -0.15) is 0 Å². The van der Waals surface area contributed by atoms with Crippen LogP contribution in [0, 0.1) is 16.0 Å². The molecule has 0 heterocycles. The molecule has 0 aliphatic heterocycles. The fraction of sp³-hybridized carbons (Fsp3) is 0.385. The molecule has 0 aliphatic rings. The topological polar surface area (TPSA) is 113 Å². The number of hydrogen-bond acceptors (Lipinski definition) is 5. The number of hydrogen-bond donors (Lipinski definition) is 3. The highest BCUT2D eigenvalue weighted by atomic mass is 35.5. The molecule has 1 aromatic carbocycles. The predicted octanol–water partition coefficient (Wildman–Crippen LogP) is 2.14. The van der Waals surface area contributed by atoms with Crippen LogP contribution in [-0.2, 0) is 4.79 Å². The maximum absolute atomic E-state index is 11.6. The molecule has 0 radical (unpaired) electrons. The van der Waals surface area contributed by atoms with E-state index in [2.05, 4.69) is 16.0 Å². The summed E-state index contributed by atoms with van der Waals surface area (Å²) in [6.45, 7) is 4.11. The lowest BCUT2D eigenvalue weighted by Crippen LogP contribution is -2.43. The van der Waals surface area contributed by atoms with Gasteiger partial charge in [0.15, 0.2) is 0 Å². The number of nitrogens with one attached hydrogen (secondary N) is 3. The minimum Gasteiger partial charge on any atom is -0.376 e. The highest BCUT2D eigenvalue weighted by Crippen LogP contribution is 2.27. The van der Waals surface area contributed by atoms with Crippen molar-refractivity contribution in [3.05, 3.63) is 33.3 Å². The maximum Gasteiger partial charge on any atom is 0.321 e. The molecule has 1 rings (SSSR count). The zero-order chi connectivity index (χ0) is 16.7. The van der Waals surface area contributed by atoms with Gasteiger partial charge in [-0.15, -0.1) is 0 Å². The van der Waals surface area contributed by atoms with Crippen molar-refractivity contribution in [2.24, 2.45) is 5.92 Å². The summed E-state index contributed by atoms with van der Waals surface area (Å²) in [7, 11) is 0. The Kier molecular flexibility index (Phi) is 6.58. The van der Waals surface area contributed by atoms with Crippen LogP contribution < -0.4 is 16.0 Å². The number of anilines is 1. The summed E-state index contributed by atoms with van der Waals surface area (Å²) in [5.41, 5.74) is 0.0931. The van der Waals surface area contributed by atoms with Crippen molar-refractivity contribution in [2.45, 2.75) is 13.8 Å². The molecule has 3 N–H and O–H groups in total. The summed E-state index contributed by atoms with van der Waals surface area (Å²) in [6.07, 6.45) is 0. The van der Waals surface area contributed by atoms with Crippen molar-refractivity contribution in [2.75, 3.05) is 18.4 Å². The van der Waals surface area contributed by atoms with Gasteiger partial charge in [0.1, 0.15) is 5.02 Å². The first kappa shape index (κ1) is 17.7. The van der Waals surface area contributed by atoms with E-state index in [1.807, 2.05) is 13.8 Å². The molecular formula is C13H17ClN4O4. The molecule has 120 valence electrons. The molecule has 0 bridgehead atoms. The van der Waals surface area contributed by atoms with Gasteiger partial charge in [0.05, 0.1) is 11.5 Å². The van der Waals surface area contributed by atoms with Crippen molar-refractivity contribution >= 4 is 34.9 Å². The number of amides is 3. The van der Waals surface area contributed by atoms with E-state index in [0.29, 0.717) is 12.2 Å². The number of rotatable bonds is 6. The number of urea groups is 1. The van der Waals surface area contributed by atoms with Gasteiger partial charge in [0, 0.05) is 18.3 Å². The third kappa shape index (κ3) is 5.96. The zero-order valence-corrected chi connectivity index (χ0v) is 12.9. The Hall–Kier alpha value is -2.35. The van der Waals surface area contributed by atoms with E-state index in [1.54, 1.807) is 0 Å². The monoisotopic (exact) mass is 328 g/mol. The van der Waals surface area contributed by atoms with Gasteiger partial charge in [0.25, 0.3) is 5.69 Å². The van der Waals surface area contributed by atoms with Crippen LogP contribution in [0.3, 0.4) is 0 Å². The van der Waals surface area contributed by atoms with Crippen LogP contribution >= 0.6 is 11.6 Å². The van der Waals surface area contributed by atoms with Crippen LogP contribution in [0.25, 0.3) is 0 Å². The van der Waals surface area contributed by atoms with Crippen molar-refractivity contribution in [1.29, 1.82) is 0 Å². The number of nitrogens with zero attached hydrogens (tertiary/aromatic N) is 1. The Balaban J connectivity index is 2.49. The number of nitro benzene ring substituents is 1. The molecular weight excluding hydrogens is 312 g/mol. The molecule has 0 aliphatic carbocycles. The zero-order valence-electron chi connectivity index (χ0n) is 12.2. The van der Waals surface area contributed by atoms with Crippen molar-refractivity contribution in [1.82, 2.24) is 10.6 Å². The molecule has 8 nitrogen and oxygen atoms in total. The average Bonchev–Trinajstić information content (AvgIpc) is 2.44. The SMILES string of the molecule is CC(C)CNC(=O)NC(=O)CNc1ccc(Cl)c([N+](=O)[O-])c1. The second kappa shape index (κ2) is 8.18. The largest absolute Gasteiger partial charge is 0.376 e. The van der Waals surface area contributed by atoms with Crippen molar-refractivity contribution in [3.63, 3.8) is 0 Å². The number of carbonyl (C=O) groups is 2. The summed E-state index contributed by atoms with van der Waals surface area (Å²) in [5, 5.41) is 18.1. The molecule has 0 fully saturated rings. The number of nitro groups is 1. The molecule has 22 heavy (non-hydrogen) atoms. The van der Waals surface area contributed by atoms with E-state index in [9.17, 15) is 19.7 Å². The quantitative estimate of drug-likeness (QED) is 0.547. The highest BCUT2D eigenvalue weighted by Gasteiger charge is 2.13. The summed E-state index contributed by atoms with van der Waals surface area (Å²) in [6, 6.07) is 3.49. The van der Waals surface area contributed by atoms with Gasteiger partial charge in [-0.1, -0.05) is 25.4 Å². The highest BCUT2D eigenvalue weighted by molar-refractivity contribution is 6.32. The third-order valence-corrected chi connectivity index (χ3v) is 2.84. The number of benzene rings is 1. The van der Waals surface area contributed by atoms with Gasteiger partial charge < -0.3 is 10.6 Å². The summed E-state index contributed by atoms with van der Waals surface area (Å²) in [4.78, 5) is 33.1. The van der Waals surface area contributed by atoms with Crippen LogP contribution in [0.5, 0.6) is 0 Å². The molecule has 3 amide bonds. The number of imide groups is 1. The van der Waals surface area contributed by atoms with Crippen LogP contribution in [-0.4, -0.2) is 30.0 Å². The predicted molar refractivity (Wildman–Crippen MR) is 83.0 cm³/mol. The molecule has 0 aromatic heterocycles.